The number of hydrogen-bond acceptors (Lipinski definition) is 4. The van der Waals surface area contributed by atoms with E-state index in [4.69, 9.17) is 5.73 Å². The summed E-state index contributed by atoms with van der Waals surface area (Å²) in [6.07, 6.45) is 3.21. The zero-order chi connectivity index (χ0) is 9.84. The number of rotatable bonds is 3. The van der Waals surface area contributed by atoms with Crippen molar-refractivity contribution in [3.05, 3.63) is 24.5 Å². The molecular weight excluding hydrogens is 164 g/mol. The largest absolute Gasteiger partial charge is 0.382 e. The van der Waals surface area contributed by atoms with E-state index >= 15 is 0 Å². The van der Waals surface area contributed by atoms with E-state index in [1.807, 2.05) is 18.9 Å². The van der Waals surface area contributed by atoms with Crippen LogP contribution in [0, 0.1) is 0 Å². The Kier molecular flexibility index (Phi) is 2.84. The van der Waals surface area contributed by atoms with Crippen molar-refractivity contribution in [3.8, 4) is 0 Å². The SMILES string of the molecule is C=C(C)CN(C)c1cncc(N)n1. The Morgan fingerprint density at radius 3 is 2.85 bits per heavy atom. The number of likely N-dealkylation sites (N-methyl/N-ethyl adjacent to an activating group) is 1. The van der Waals surface area contributed by atoms with Gasteiger partial charge in [-0.15, -0.1) is 0 Å². The molecule has 0 amide bonds. The fourth-order valence-corrected chi connectivity index (χ4v) is 1.04. The minimum absolute atomic E-state index is 0.436. The maximum Gasteiger partial charge on any atom is 0.149 e. The molecule has 1 heterocycles. The Morgan fingerprint density at radius 1 is 1.62 bits per heavy atom. The molecule has 0 aliphatic rings. The first-order valence-corrected chi connectivity index (χ1v) is 4.02. The minimum Gasteiger partial charge on any atom is -0.382 e. The van der Waals surface area contributed by atoms with Crippen LogP contribution in [0.3, 0.4) is 0 Å². The predicted molar refractivity (Wildman–Crippen MR) is 54.5 cm³/mol. The lowest BCUT2D eigenvalue weighted by Crippen LogP contribution is -2.20. The monoisotopic (exact) mass is 178 g/mol. The summed E-state index contributed by atoms with van der Waals surface area (Å²) in [5.41, 5.74) is 6.58. The van der Waals surface area contributed by atoms with Gasteiger partial charge in [-0.05, 0) is 6.92 Å². The summed E-state index contributed by atoms with van der Waals surface area (Å²) < 4.78 is 0. The average molecular weight is 178 g/mol. The third-order valence-electron chi connectivity index (χ3n) is 1.54. The lowest BCUT2D eigenvalue weighted by Gasteiger charge is -2.17. The van der Waals surface area contributed by atoms with Crippen molar-refractivity contribution in [2.24, 2.45) is 0 Å². The molecule has 0 bridgehead atoms. The molecule has 1 aromatic heterocycles. The molecule has 0 fully saturated rings. The third-order valence-corrected chi connectivity index (χ3v) is 1.54. The Morgan fingerprint density at radius 2 is 2.31 bits per heavy atom. The lowest BCUT2D eigenvalue weighted by atomic mass is 10.3. The molecule has 0 radical (unpaired) electrons. The summed E-state index contributed by atoms with van der Waals surface area (Å²) in [6.45, 7) is 6.55. The molecule has 0 saturated heterocycles. The van der Waals surface area contributed by atoms with Crippen LogP contribution in [0.25, 0.3) is 0 Å². The summed E-state index contributed by atoms with van der Waals surface area (Å²) >= 11 is 0. The molecule has 2 N–H and O–H groups in total. The predicted octanol–water partition coefficient (Wildman–Crippen LogP) is 1.07. The van der Waals surface area contributed by atoms with Crippen LogP contribution in [0.1, 0.15) is 6.92 Å². The smallest absolute Gasteiger partial charge is 0.149 e. The van der Waals surface area contributed by atoms with E-state index in [0.29, 0.717) is 5.82 Å². The lowest BCUT2D eigenvalue weighted by molar-refractivity contribution is 0.945. The Labute approximate surface area is 78.1 Å². The molecule has 0 aliphatic heterocycles. The van der Waals surface area contributed by atoms with Gasteiger partial charge in [0.25, 0.3) is 0 Å². The summed E-state index contributed by atoms with van der Waals surface area (Å²) in [6, 6.07) is 0. The van der Waals surface area contributed by atoms with Crippen LogP contribution in [0.4, 0.5) is 11.6 Å². The van der Waals surface area contributed by atoms with Gasteiger partial charge < -0.3 is 10.6 Å². The maximum absolute atomic E-state index is 5.50. The molecule has 0 spiro atoms. The van der Waals surface area contributed by atoms with Crippen LogP contribution < -0.4 is 10.6 Å². The van der Waals surface area contributed by atoms with Gasteiger partial charge >= 0.3 is 0 Å². The van der Waals surface area contributed by atoms with Crippen LogP contribution in [0.5, 0.6) is 0 Å². The first-order valence-electron chi connectivity index (χ1n) is 4.02. The fourth-order valence-electron chi connectivity index (χ4n) is 1.04. The molecule has 4 heteroatoms. The van der Waals surface area contributed by atoms with E-state index in [1.165, 1.54) is 6.20 Å². The Hall–Kier alpha value is -1.58. The van der Waals surface area contributed by atoms with Gasteiger partial charge in [-0.2, -0.15) is 0 Å². The zero-order valence-electron chi connectivity index (χ0n) is 7.99. The highest BCUT2D eigenvalue weighted by Crippen LogP contribution is 2.09. The van der Waals surface area contributed by atoms with Crippen LogP contribution in [-0.4, -0.2) is 23.6 Å². The first-order chi connectivity index (χ1) is 6.09. The summed E-state index contributed by atoms with van der Waals surface area (Å²) in [7, 11) is 1.93. The second-order valence-electron chi connectivity index (χ2n) is 3.12. The molecule has 0 atom stereocenters. The highest BCUT2D eigenvalue weighted by Gasteiger charge is 2.02. The highest BCUT2D eigenvalue weighted by atomic mass is 15.2. The summed E-state index contributed by atoms with van der Waals surface area (Å²) in [4.78, 5) is 10.0. The maximum atomic E-state index is 5.50. The van der Waals surface area contributed by atoms with Crippen LogP contribution in [-0.2, 0) is 0 Å². The number of hydrogen-bond donors (Lipinski definition) is 1. The van der Waals surface area contributed by atoms with Crippen LogP contribution >= 0.6 is 0 Å². The minimum atomic E-state index is 0.436. The molecule has 4 nitrogen and oxygen atoms in total. The molecular formula is C9H14N4. The van der Waals surface area contributed by atoms with Crippen molar-refractivity contribution < 1.29 is 0 Å². The van der Waals surface area contributed by atoms with Crippen molar-refractivity contribution in [2.45, 2.75) is 6.92 Å². The average Bonchev–Trinajstić information content (AvgIpc) is 2.03. The van der Waals surface area contributed by atoms with E-state index < -0.39 is 0 Å². The Bertz CT molecular complexity index is 308. The molecule has 0 unspecified atom stereocenters. The number of aromatic nitrogens is 2. The molecule has 70 valence electrons. The van der Waals surface area contributed by atoms with Crippen molar-refractivity contribution in [1.82, 2.24) is 9.97 Å². The second kappa shape index (κ2) is 3.89. The standard InChI is InChI=1S/C9H14N4/c1-7(2)6-13(3)9-5-11-4-8(10)12-9/h4-5H,1,6H2,2-3H3,(H2,10,12). The summed E-state index contributed by atoms with van der Waals surface area (Å²) in [5, 5.41) is 0. The van der Waals surface area contributed by atoms with Gasteiger partial charge in [0, 0.05) is 13.6 Å². The topological polar surface area (TPSA) is 55.0 Å². The first kappa shape index (κ1) is 9.51. The highest BCUT2D eigenvalue weighted by molar-refractivity contribution is 5.41. The van der Waals surface area contributed by atoms with E-state index in [9.17, 15) is 0 Å². The van der Waals surface area contributed by atoms with Gasteiger partial charge in [-0.1, -0.05) is 12.2 Å². The zero-order valence-corrected chi connectivity index (χ0v) is 7.99. The molecule has 0 saturated carbocycles. The second-order valence-corrected chi connectivity index (χ2v) is 3.12. The van der Waals surface area contributed by atoms with Gasteiger partial charge in [-0.3, -0.25) is 4.98 Å². The number of anilines is 2. The fraction of sp³-hybridized carbons (Fsp3) is 0.333. The van der Waals surface area contributed by atoms with Crippen LogP contribution in [0.15, 0.2) is 24.5 Å². The van der Waals surface area contributed by atoms with E-state index in [1.54, 1.807) is 6.20 Å². The van der Waals surface area contributed by atoms with E-state index in [0.717, 1.165) is 17.9 Å². The van der Waals surface area contributed by atoms with Crippen molar-refractivity contribution in [2.75, 3.05) is 24.2 Å². The molecule has 13 heavy (non-hydrogen) atoms. The van der Waals surface area contributed by atoms with Crippen molar-refractivity contribution in [3.63, 3.8) is 0 Å². The van der Waals surface area contributed by atoms with E-state index in [-0.39, 0.29) is 0 Å². The van der Waals surface area contributed by atoms with Crippen molar-refractivity contribution in [1.29, 1.82) is 0 Å². The summed E-state index contributed by atoms with van der Waals surface area (Å²) in [5.74, 6) is 1.20. The normalized spacial score (nSPS) is 9.69. The van der Waals surface area contributed by atoms with Gasteiger partial charge in [0.05, 0.1) is 12.4 Å². The number of nitrogen functional groups attached to an aromatic ring is 1. The Balaban J connectivity index is 2.76. The van der Waals surface area contributed by atoms with E-state index in [2.05, 4.69) is 16.5 Å². The van der Waals surface area contributed by atoms with Gasteiger partial charge in [0.1, 0.15) is 11.6 Å². The molecule has 1 rings (SSSR count). The van der Waals surface area contributed by atoms with Gasteiger partial charge in [-0.25, -0.2) is 4.98 Å². The van der Waals surface area contributed by atoms with Crippen LogP contribution in [0.2, 0.25) is 0 Å². The van der Waals surface area contributed by atoms with Crippen molar-refractivity contribution >= 4 is 11.6 Å². The number of nitrogens with zero attached hydrogens (tertiary/aromatic N) is 3. The van der Waals surface area contributed by atoms with Gasteiger partial charge in [0.15, 0.2) is 0 Å². The van der Waals surface area contributed by atoms with Gasteiger partial charge in [0.2, 0.25) is 0 Å². The third kappa shape index (κ3) is 2.74. The number of nitrogens with two attached hydrogens (primary N) is 1. The quantitative estimate of drug-likeness (QED) is 0.703. The molecule has 1 aromatic rings. The molecule has 0 aromatic carbocycles. The molecule has 0 aliphatic carbocycles.